The Morgan fingerprint density at radius 1 is 0.419 bits per heavy atom. The third-order valence-electron chi connectivity index (χ3n) is 17.5. The molecule has 17 atom stereocenters. The summed E-state index contributed by atoms with van der Waals surface area (Å²) >= 11 is 0. The highest BCUT2D eigenvalue weighted by Crippen LogP contribution is 2.33. The van der Waals surface area contributed by atoms with E-state index in [1.54, 1.807) is 0 Å². The molecule has 0 aromatic heterocycles. The smallest absolute Gasteiger partial charge is 0.220 e. The van der Waals surface area contributed by atoms with Crippen LogP contribution < -0.4 is 5.32 Å². The summed E-state index contributed by atoms with van der Waals surface area (Å²) in [5.74, 6) is -0.242. The minimum atomic E-state index is -1.97. The van der Waals surface area contributed by atoms with Crippen molar-refractivity contribution in [1.29, 1.82) is 0 Å². The number of hydrogen-bond acceptors (Lipinski definition) is 18. The molecular formula is C67H125NO18. The first-order valence-corrected chi connectivity index (χ1v) is 34.6. The molecule has 0 spiro atoms. The summed E-state index contributed by atoms with van der Waals surface area (Å²) in [6, 6.07) is -0.881. The minimum Gasteiger partial charge on any atom is -0.394 e. The Bertz CT molecular complexity index is 1660. The Balaban J connectivity index is 1.30. The van der Waals surface area contributed by atoms with Crippen LogP contribution in [-0.4, -0.2) is 193 Å². The summed E-state index contributed by atoms with van der Waals surface area (Å²) in [6.07, 6.45) is 28.9. The standard InChI is InChI=1S/C67H125NO18/c1-3-5-7-9-11-13-14-15-16-17-18-19-20-21-22-23-24-25-26-27-28-29-30-31-32-33-34-35-36-37-39-41-43-45-55(73)68-50(51(72)44-42-40-38-12-10-8-6-4-2)49-81-65-61(79)58(76)63(53(47-70)83-65)86-67-62(80)59(77)64(54(48-71)84-67)85-66-60(78)57(75)56(74)52(46-69)82-66/h14-15,17-18,50-54,56-67,69-72,74-80H,3-13,16,19-49H2,1-2H3,(H,68,73)/b15-14-,18-17-. The topological polar surface area (TPSA) is 307 Å². The number of ether oxygens (including phenoxy) is 6. The van der Waals surface area contributed by atoms with Gasteiger partial charge in [-0.05, 0) is 44.9 Å². The van der Waals surface area contributed by atoms with E-state index in [4.69, 9.17) is 28.4 Å². The summed E-state index contributed by atoms with van der Waals surface area (Å²) in [5, 5.41) is 120. The van der Waals surface area contributed by atoms with Crippen molar-refractivity contribution in [3.05, 3.63) is 24.3 Å². The van der Waals surface area contributed by atoms with E-state index >= 15 is 0 Å². The Morgan fingerprint density at radius 2 is 0.767 bits per heavy atom. The third kappa shape index (κ3) is 32.0. The molecule has 3 aliphatic heterocycles. The van der Waals surface area contributed by atoms with Crippen molar-refractivity contribution in [2.75, 3.05) is 26.4 Å². The van der Waals surface area contributed by atoms with Gasteiger partial charge in [0.2, 0.25) is 5.91 Å². The highest BCUT2D eigenvalue weighted by Gasteiger charge is 2.53. The van der Waals surface area contributed by atoms with Crippen molar-refractivity contribution in [3.8, 4) is 0 Å². The molecule has 0 aliphatic carbocycles. The molecule has 19 heteroatoms. The molecule has 1 amide bonds. The van der Waals surface area contributed by atoms with Crippen LogP contribution in [0.1, 0.15) is 264 Å². The summed E-state index contributed by atoms with van der Waals surface area (Å²) in [6.45, 7) is 1.75. The van der Waals surface area contributed by atoms with Crippen LogP contribution in [0.15, 0.2) is 24.3 Å². The van der Waals surface area contributed by atoms with Crippen LogP contribution in [0.3, 0.4) is 0 Å². The van der Waals surface area contributed by atoms with E-state index in [1.807, 2.05) is 0 Å². The summed E-state index contributed by atoms with van der Waals surface area (Å²) < 4.78 is 34.3. The zero-order chi connectivity index (χ0) is 62.6. The molecule has 0 radical (unpaired) electrons. The zero-order valence-electron chi connectivity index (χ0n) is 53.3. The van der Waals surface area contributed by atoms with E-state index in [0.717, 1.165) is 51.4 Å². The minimum absolute atomic E-state index is 0.242. The van der Waals surface area contributed by atoms with Crippen LogP contribution in [-0.2, 0) is 33.2 Å². The Kier molecular flexibility index (Phi) is 45.6. The molecule has 12 N–H and O–H groups in total. The second-order valence-corrected chi connectivity index (χ2v) is 25.0. The van der Waals surface area contributed by atoms with Crippen molar-refractivity contribution < 1.29 is 89.4 Å². The lowest BCUT2D eigenvalue weighted by molar-refractivity contribution is -0.379. The van der Waals surface area contributed by atoms with Crippen LogP contribution in [0.25, 0.3) is 0 Å². The third-order valence-corrected chi connectivity index (χ3v) is 17.5. The fourth-order valence-electron chi connectivity index (χ4n) is 11.9. The van der Waals surface area contributed by atoms with Gasteiger partial charge in [0, 0.05) is 6.42 Å². The fourth-order valence-corrected chi connectivity index (χ4v) is 11.9. The SMILES string of the molecule is CCCCCCC/C=C\C/C=C\CCCCCCCCCCCCCCCCCCCCCCCC(=O)NC(COC1OC(CO)C(OC2OC(CO)C(OC3OC(CO)C(O)C(O)C3O)C(O)C2O)C(O)C1O)C(O)CCCCCCCCCC. The largest absolute Gasteiger partial charge is 0.394 e. The Hall–Kier alpha value is -1.73. The fraction of sp³-hybridized carbons (Fsp3) is 0.925. The second-order valence-electron chi connectivity index (χ2n) is 25.0. The van der Waals surface area contributed by atoms with Gasteiger partial charge in [-0.1, -0.05) is 237 Å². The molecular weight excluding hydrogens is 1110 g/mol. The molecule has 86 heavy (non-hydrogen) atoms. The zero-order valence-corrected chi connectivity index (χ0v) is 53.3. The van der Waals surface area contributed by atoms with Gasteiger partial charge in [-0.25, -0.2) is 0 Å². The predicted octanol–water partition coefficient (Wildman–Crippen LogP) is 8.66. The van der Waals surface area contributed by atoms with E-state index in [9.17, 15) is 61.0 Å². The normalized spacial score (nSPS) is 28.9. The number of hydrogen-bond donors (Lipinski definition) is 12. The molecule has 3 saturated heterocycles. The first-order chi connectivity index (χ1) is 41.8. The second kappa shape index (κ2) is 49.9. The summed E-state index contributed by atoms with van der Waals surface area (Å²) in [7, 11) is 0. The molecule has 0 aromatic carbocycles. The lowest BCUT2D eigenvalue weighted by Crippen LogP contribution is -2.66. The molecule has 0 bridgehead atoms. The van der Waals surface area contributed by atoms with Gasteiger partial charge in [-0.3, -0.25) is 4.79 Å². The number of amides is 1. The highest BCUT2D eigenvalue weighted by molar-refractivity contribution is 5.76. The molecule has 0 aromatic rings. The number of carbonyl (C=O) groups is 1. The van der Waals surface area contributed by atoms with Gasteiger partial charge in [-0.2, -0.15) is 0 Å². The molecule has 3 rings (SSSR count). The maximum atomic E-state index is 13.3. The monoisotopic (exact) mass is 1230 g/mol. The number of aliphatic hydroxyl groups is 11. The van der Waals surface area contributed by atoms with Gasteiger partial charge in [0.15, 0.2) is 18.9 Å². The number of carbonyl (C=O) groups excluding carboxylic acids is 1. The lowest BCUT2D eigenvalue weighted by atomic mass is 9.96. The molecule has 17 unspecified atom stereocenters. The van der Waals surface area contributed by atoms with Gasteiger partial charge in [0.05, 0.1) is 38.6 Å². The van der Waals surface area contributed by atoms with E-state index in [0.29, 0.717) is 12.8 Å². The number of unbranched alkanes of at least 4 members (excludes halogenated alkanes) is 33. The number of allylic oxidation sites excluding steroid dienone is 4. The quantitative estimate of drug-likeness (QED) is 0.0200. The highest BCUT2D eigenvalue weighted by atomic mass is 16.8. The van der Waals surface area contributed by atoms with Crippen molar-refractivity contribution in [2.24, 2.45) is 0 Å². The van der Waals surface area contributed by atoms with Gasteiger partial charge < -0.3 is 89.9 Å². The number of aliphatic hydroxyl groups excluding tert-OH is 11. The van der Waals surface area contributed by atoms with Crippen LogP contribution >= 0.6 is 0 Å². The average Bonchev–Trinajstić information content (AvgIpc) is 3.55. The average molecular weight is 1230 g/mol. The number of nitrogens with one attached hydrogen (secondary N) is 1. The molecule has 0 saturated carbocycles. The van der Waals surface area contributed by atoms with Gasteiger partial charge >= 0.3 is 0 Å². The maximum Gasteiger partial charge on any atom is 0.220 e. The summed E-state index contributed by atoms with van der Waals surface area (Å²) in [4.78, 5) is 13.3. The van der Waals surface area contributed by atoms with E-state index in [2.05, 4.69) is 43.5 Å². The van der Waals surface area contributed by atoms with E-state index < -0.39 is 124 Å². The maximum absolute atomic E-state index is 13.3. The first-order valence-electron chi connectivity index (χ1n) is 34.6. The van der Waals surface area contributed by atoms with Crippen molar-refractivity contribution in [1.82, 2.24) is 5.32 Å². The molecule has 19 nitrogen and oxygen atoms in total. The van der Waals surface area contributed by atoms with Crippen molar-refractivity contribution in [3.63, 3.8) is 0 Å². The van der Waals surface area contributed by atoms with Crippen LogP contribution in [0.2, 0.25) is 0 Å². The Labute approximate surface area is 518 Å². The van der Waals surface area contributed by atoms with Crippen LogP contribution in [0.4, 0.5) is 0 Å². The van der Waals surface area contributed by atoms with Crippen LogP contribution in [0.5, 0.6) is 0 Å². The first kappa shape index (κ1) is 78.5. The van der Waals surface area contributed by atoms with E-state index in [1.165, 1.54) is 180 Å². The lowest BCUT2D eigenvalue weighted by Gasteiger charge is -2.48. The van der Waals surface area contributed by atoms with Crippen molar-refractivity contribution >= 4 is 5.91 Å². The van der Waals surface area contributed by atoms with Gasteiger partial charge in [0.1, 0.15) is 73.2 Å². The van der Waals surface area contributed by atoms with E-state index in [-0.39, 0.29) is 18.9 Å². The van der Waals surface area contributed by atoms with Crippen molar-refractivity contribution in [2.45, 2.75) is 369 Å². The molecule has 3 aliphatic rings. The van der Waals surface area contributed by atoms with Gasteiger partial charge in [-0.15, -0.1) is 0 Å². The van der Waals surface area contributed by atoms with Crippen LogP contribution in [0, 0.1) is 0 Å². The molecule has 506 valence electrons. The van der Waals surface area contributed by atoms with Gasteiger partial charge in [0.25, 0.3) is 0 Å². The molecule has 3 heterocycles. The Morgan fingerprint density at radius 3 is 1.19 bits per heavy atom. The summed E-state index contributed by atoms with van der Waals surface area (Å²) in [5.41, 5.74) is 0. The molecule has 3 fully saturated rings. The predicted molar refractivity (Wildman–Crippen MR) is 333 cm³/mol. The number of rotatable bonds is 53.